The maximum atomic E-state index is 13.1. The van der Waals surface area contributed by atoms with E-state index >= 15 is 0 Å². The molecule has 3 rings (SSSR count). The van der Waals surface area contributed by atoms with E-state index in [1.54, 1.807) is 4.68 Å². The largest absolute Gasteiger partial charge is 0.305 e. The fraction of sp³-hybridized carbons (Fsp3) is 0.412. The molecule has 1 aliphatic rings. The minimum Gasteiger partial charge on any atom is -0.305 e. The molecule has 0 fully saturated rings. The molecule has 0 bridgehead atoms. The van der Waals surface area contributed by atoms with Gasteiger partial charge >= 0.3 is 0 Å². The van der Waals surface area contributed by atoms with E-state index in [9.17, 15) is 4.79 Å². The van der Waals surface area contributed by atoms with Crippen LogP contribution in [0.1, 0.15) is 28.7 Å². The van der Waals surface area contributed by atoms with Gasteiger partial charge in [0.05, 0.1) is 5.69 Å². The number of carbonyl (C=O) groups is 1. The minimum atomic E-state index is 0.0326. The molecule has 22 heavy (non-hydrogen) atoms. The van der Waals surface area contributed by atoms with Gasteiger partial charge in [-0.05, 0) is 38.6 Å². The lowest BCUT2D eigenvalue weighted by Gasteiger charge is -2.22. The number of aromatic nitrogens is 2. The van der Waals surface area contributed by atoms with Crippen LogP contribution in [0.3, 0.4) is 0 Å². The molecule has 1 amide bonds. The lowest BCUT2D eigenvalue weighted by atomic mass is 10.1. The van der Waals surface area contributed by atoms with Crippen LogP contribution in [0, 0.1) is 6.92 Å². The van der Waals surface area contributed by atoms with Gasteiger partial charge in [-0.2, -0.15) is 5.10 Å². The first-order chi connectivity index (χ1) is 10.6. The molecule has 0 unspecified atom stereocenters. The van der Waals surface area contributed by atoms with Crippen LogP contribution < -0.4 is 4.90 Å². The summed E-state index contributed by atoms with van der Waals surface area (Å²) >= 11 is 0. The molecule has 116 valence electrons. The van der Waals surface area contributed by atoms with Gasteiger partial charge in [0.25, 0.3) is 5.91 Å². The zero-order valence-electron chi connectivity index (χ0n) is 13.4. The molecular weight excluding hydrogens is 276 g/mol. The summed E-state index contributed by atoms with van der Waals surface area (Å²) in [6.07, 6.45) is 0. The topological polar surface area (TPSA) is 41.4 Å². The van der Waals surface area contributed by atoms with Crippen molar-refractivity contribution in [1.82, 2.24) is 14.7 Å². The predicted octanol–water partition coefficient (Wildman–Crippen LogP) is 2.30. The molecule has 0 saturated heterocycles. The Balaban J connectivity index is 2.01. The summed E-state index contributed by atoms with van der Waals surface area (Å²) < 4.78 is 1.79. The molecule has 0 atom stereocenters. The van der Waals surface area contributed by atoms with E-state index in [0.717, 1.165) is 24.5 Å². The highest BCUT2D eigenvalue weighted by atomic mass is 16.2. The molecule has 2 aromatic rings. The summed E-state index contributed by atoms with van der Waals surface area (Å²) in [5.41, 5.74) is 3.75. The van der Waals surface area contributed by atoms with Gasteiger partial charge in [-0.15, -0.1) is 0 Å². The van der Waals surface area contributed by atoms with Crippen LogP contribution in [0.5, 0.6) is 0 Å². The van der Waals surface area contributed by atoms with Crippen molar-refractivity contribution >= 4 is 11.6 Å². The van der Waals surface area contributed by atoms with E-state index in [1.807, 2.05) is 43.0 Å². The highest BCUT2D eigenvalue weighted by Gasteiger charge is 2.26. The van der Waals surface area contributed by atoms with Gasteiger partial charge in [0.2, 0.25) is 0 Å². The average Bonchev–Trinajstić information content (AvgIpc) is 2.80. The number of para-hydroxylation sites is 1. The molecule has 2 heterocycles. The molecular formula is C17H22N4O. The van der Waals surface area contributed by atoms with E-state index in [4.69, 9.17) is 0 Å². The van der Waals surface area contributed by atoms with Crippen molar-refractivity contribution in [2.75, 3.05) is 25.0 Å². The Hall–Kier alpha value is -2.14. The Bertz CT molecular complexity index is 692. The second kappa shape index (κ2) is 5.93. The smallest absolute Gasteiger partial charge is 0.276 e. The zero-order chi connectivity index (χ0) is 15.7. The normalized spacial score (nSPS) is 15.5. The fourth-order valence-electron chi connectivity index (χ4n) is 2.98. The highest BCUT2D eigenvalue weighted by molar-refractivity contribution is 6.05. The quantitative estimate of drug-likeness (QED) is 0.854. The summed E-state index contributed by atoms with van der Waals surface area (Å²) in [5.74, 6) is 0.0326. The molecule has 1 aromatic carbocycles. The van der Waals surface area contributed by atoms with E-state index in [0.29, 0.717) is 18.8 Å². The zero-order valence-corrected chi connectivity index (χ0v) is 13.4. The Kier molecular flexibility index (Phi) is 3.98. The maximum absolute atomic E-state index is 13.1. The van der Waals surface area contributed by atoms with Crippen LogP contribution in [0.4, 0.5) is 5.69 Å². The number of hydrogen-bond donors (Lipinski definition) is 0. The molecule has 1 aliphatic heterocycles. The Morgan fingerprint density at radius 2 is 2.05 bits per heavy atom. The fourth-order valence-corrected chi connectivity index (χ4v) is 2.98. The molecule has 5 nitrogen and oxygen atoms in total. The van der Waals surface area contributed by atoms with Crippen LogP contribution >= 0.6 is 0 Å². The van der Waals surface area contributed by atoms with Gasteiger partial charge in [0, 0.05) is 31.9 Å². The number of rotatable bonds is 2. The molecule has 1 aromatic heterocycles. The number of amides is 1. The number of hydrogen-bond acceptors (Lipinski definition) is 3. The standard InChI is InChI=1S/C17H22N4O/c1-4-21-16(11-13(2)18-21)17(22)20-10-9-19(3)12-14-7-5-6-8-15(14)20/h5-8,11H,4,9-10,12H2,1-3H3. The Labute approximate surface area is 131 Å². The van der Waals surface area contributed by atoms with E-state index in [1.165, 1.54) is 5.56 Å². The van der Waals surface area contributed by atoms with Crippen molar-refractivity contribution in [1.29, 1.82) is 0 Å². The number of anilines is 1. The van der Waals surface area contributed by atoms with E-state index in [-0.39, 0.29) is 5.91 Å². The monoisotopic (exact) mass is 298 g/mol. The van der Waals surface area contributed by atoms with Gasteiger partial charge in [0.1, 0.15) is 5.69 Å². The highest BCUT2D eigenvalue weighted by Crippen LogP contribution is 2.26. The first-order valence-corrected chi connectivity index (χ1v) is 7.73. The van der Waals surface area contributed by atoms with Crippen molar-refractivity contribution in [2.45, 2.75) is 26.9 Å². The SMILES string of the molecule is CCn1nc(C)cc1C(=O)N1CCN(C)Cc2ccccc21. The van der Waals surface area contributed by atoms with Crippen molar-refractivity contribution in [3.05, 3.63) is 47.3 Å². The van der Waals surface area contributed by atoms with Crippen LogP contribution in [0.2, 0.25) is 0 Å². The van der Waals surface area contributed by atoms with Gasteiger partial charge in [-0.3, -0.25) is 9.48 Å². The van der Waals surface area contributed by atoms with E-state index in [2.05, 4.69) is 23.1 Å². The summed E-state index contributed by atoms with van der Waals surface area (Å²) in [4.78, 5) is 17.2. The Morgan fingerprint density at radius 1 is 1.27 bits per heavy atom. The van der Waals surface area contributed by atoms with Crippen molar-refractivity contribution in [3.63, 3.8) is 0 Å². The second-order valence-corrected chi connectivity index (χ2v) is 5.81. The maximum Gasteiger partial charge on any atom is 0.276 e. The van der Waals surface area contributed by atoms with E-state index < -0.39 is 0 Å². The van der Waals surface area contributed by atoms with Gasteiger partial charge < -0.3 is 9.80 Å². The third kappa shape index (κ3) is 2.64. The summed E-state index contributed by atoms with van der Waals surface area (Å²) in [6.45, 7) is 7.05. The van der Waals surface area contributed by atoms with Crippen molar-refractivity contribution in [3.8, 4) is 0 Å². The average molecular weight is 298 g/mol. The van der Waals surface area contributed by atoms with Crippen LogP contribution in [-0.4, -0.2) is 40.7 Å². The van der Waals surface area contributed by atoms with Crippen molar-refractivity contribution < 1.29 is 4.79 Å². The number of carbonyl (C=O) groups excluding carboxylic acids is 1. The van der Waals surface area contributed by atoms with Gasteiger partial charge in [-0.25, -0.2) is 0 Å². The third-order valence-corrected chi connectivity index (χ3v) is 4.09. The molecule has 0 spiro atoms. The van der Waals surface area contributed by atoms with Crippen LogP contribution in [0.15, 0.2) is 30.3 Å². The number of benzene rings is 1. The molecule has 0 N–H and O–H groups in total. The molecule has 0 saturated carbocycles. The lowest BCUT2D eigenvalue weighted by Crippen LogP contribution is -2.36. The van der Waals surface area contributed by atoms with Crippen LogP contribution in [-0.2, 0) is 13.1 Å². The summed E-state index contributed by atoms with van der Waals surface area (Å²) in [6, 6.07) is 10.0. The third-order valence-electron chi connectivity index (χ3n) is 4.09. The first-order valence-electron chi connectivity index (χ1n) is 7.73. The Morgan fingerprint density at radius 3 is 2.82 bits per heavy atom. The van der Waals surface area contributed by atoms with Crippen LogP contribution in [0.25, 0.3) is 0 Å². The molecule has 0 radical (unpaired) electrons. The summed E-state index contributed by atoms with van der Waals surface area (Å²) in [5, 5.41) is 4.40. The number of aryl methyl sites for hydroxylation is 2. The number of nitrogens with zero attached hydrogens (tertiary/aromatic N) is 4. The number of fused-ring (bicyclic) bond motifs is 1. The minimum absolute atomic E-state index is 0.0326. The van der Waals surface area contributed by atoms with Gasteiger partial charge in [-0.1, -0.05) is 18.2 Å². The molecule has 0 aliphatic carbocycles. The predicted molar refractivity (Wildman–Crippen MR) is 87.1 cm³/mol. The number of likely N-dealkylation sites (N-methyl/N-ethyl adjacent to an activating group) is 1. The van der Waals surface area contributed by atoms with Crippen molar-refractivity contribution in [2.24, 2.45) is 0 Å². The summed E-state index contributed by atoms with van der Waals surface area (Å²) in [7, 11) is 2.09. The second-order valence-electron chi connectivity index (χ2n) is 5.81. The lowest BCUT2D eigenvalue weighted by molar-refractivity contribution is 0.0975. The molecule has 5 heteroatoms. The first kappa shape index (κ1) is 14.8. The van der Waals surface area contributed by atoms with Gasteiger partial charge in [0.15, 0.2) is 0 Å².